The van der Waals surface area contributed by atoms with Crippen LogP contribution in [-0.2, 0) is 28.0 Å². The molecule has 1 fully saturated rings. The Labute approximate surface area is 162 Å². The summed E-state index contributed by atoms with van der Waals surface area (Å²) in [4.78, 5) is 14.1. The molecule has 1 unspecified atom stereocenters. The highest BCUT2D eigenvalue weighted by Gasteiger charge is 2.34. The summed E-state index contributed by atoms with van der Waals surface area (Å²) in [6.07, 6.45) is 1.65. The first-order valence-electron chi connectivity index (χ1n) is 9.74. The average Bonchev–Trinajstić information content (AvgIpc) is 2.67. The van der Waals surface area contributed by atoms with Crippen molar-refractivity contribution in [3.63, 3.8) is 0 Å². The van der Waals surface area contributed by atoms with E-state index in [2.05, 4.69) is 11.4 Å². The number of fused-ring (bicyclic) bond motifs is 1. The van der Waals surface area contributed by atoms with Gasteiger partial charge in [-0.1, -0.05) is 31.2 Å². The van der Waals surface area contributed by atoms with Crippen molar-refractivity contribution in [3.05, 3.63) is 35.4 Å². The molecule has 27 heavy (non-hydrogen) atoms. The van der Waals surface area contributed by atoms with Crippen LogP contribution in [0.15, 0.2) is 24.3 Å². The number of hydrogen-bond acceptors (Lipinski definition) is 4. The number of amides is 1. The zero-order chi connectivity index (χ0) is 19.4. The third-order valence-corrected chi connectivity index (χ3v) is 7.45. The maximum absolute atomic E-state index is 13.0. The largest absolute Gasteiger partial charge is 0.353 e. The normalized spacial score (nSPS) is 20.8. The van der Waals surface area contributed by atoms with Crippen molar-refractivity contribution in [1.82, 2.24) is 18.8 Å². The maximum Gasteiger partial charge on any atom is 0.282 e. The van der Waals surface area contributed by atoms with Gasteiger partial charge in [0.25, 0.3) is 10.2 Å². The highest BCUT2D eigenvalue weighted by Crippen LogP contribution is 2.23. The molecule has 2 aliphatic rings. The molecule has 2 aliphatic heterocycles. The van der Waals surface area contributed by atoms with Gasteiger partial charge in [-0.3, -0.25) is 9.69 Å². The van der Waals surface area contributed by atoms with Gasteiger partial charge in [-0.05, 0) is 30.9 Å². The van der Waals surface area contributed by atoms with Gasteiger partial charge in [-0.2, -0.15) is 17.0 Å². The van der Waals surface area contributed by atoms with E-state index in [-0.39, 0.29) is 11.9 Å². The molecule has 0 spiro atoms. The summed E-state index contributed by atoms with van der Waals surface area (Å²) in [5.41, 5.74) is 2.33. The fourth-order valence-corrected chi connectivity index (χ4v) is 5.15. The van der Waals surface area contributed by atoms with Crippen molar-refractivity contribution in [2.24, 2.45) is 0 Å². The van der Waals surface area contributed by atoms with Crippen LogP contribution in [0.4, 0.5) is 0 Å². The molecule has 7 nitrogen and oxygen atoms in total. The summed E-state index contributed by atoms with van der Waals surface area (Å²) in [6, 6.07) is 8.20. The molecular weight excluding hydrogens is 364 g/mol. The van der Waals surface area contributed by atoms with Crippen LogP contribution in [0.5, 0.6) is 0 Å². The second kappa shape index (κ2) is 8.68. The number of carbonyl (C=O) groups excluding carboxylic acids is 1. The lowest BCUT2D eigenvalue weighted by Gasteiger charge is -2.37. The Morgan fingerprint density at radius 3 is 2.41 bits per heavy atom. The van der Waals surface area contributed by atoms with Crippen molar-refractivity contribution in [3.8, 4) is 0 Å². The molecule has 1 saturated heterocycles. The van der Waals surface area contributed by atoms with Crippen molar-refractivity contribution < 1.29 is 13.2 Å². The van der Waals surface area contributed by atoms with Crippen LogP contribution in [0, 0.1) is 0 Å². The first kappa shape index (κ1) is 20.3. The Bertz CT molecular complexity index is 760. The average molecular weight is 395 g/mol. The molecule has 1 aromatic carbocycles. The second-order valence-corrected chi connectivity index (χ2v) is 9.34. The van der Waals surface area contributed by atoms with Crippen LogP contribution in [0.1, 0.15) is 31.4 Å². The van der Waals surface area contributed by atoms with E-state index in [1.807, 2.05) is 36.9 Å². The molecule has 1 aromatic rings. The van der Waals surface area contributed by atoms with Gasteiger partial charge in [-0.15, -0.1) is 0 Å². The SMILES string of the molecule is CCC(C)NC(=O)CN1CCN(S(=O)(=O)N2CCc3ccccc3C2)CC1. The number of rotatable bonds is 6. The smallest absolute Gasteiger partial charge is 0.282 e. The molecular formula is C19H30N4O3S. The van der Waals surface area contributed by atoms with Crippen LogP contribution in [0.2, 0.25) is 0 Å². The third-order valence-electron chi connectivity index (χ3n) is 5.47. The molecule has 150 valence electrons. The molecule has 0 saturated carbocycles. The number of piperazine rings is 1. The lowest BCUT2D eigenvalue weighted by Crippen LogP contribution is -2.55. The van der Waals surface area contributed by atoms with Crippen molar-refractivity contribution in [2.45, 2.75) is 39.3 Å². The van der Waals surface area contributed by atoms with E-state index in [0.29, 0.717) is 45.8 Å². The van der Waals surface area contributed by atoms with Crippen LogP contribution < -0.4 is 5.32 Å². The Morgan fingerprint density at radius 2 is 1.74 bits per heavy atom. The van der Waals surface area contributed by atoms with E-state index in [1.165, 1.54) is 5.56 Å². The summed E-state index contributed by atoms with van der Waals surface area (Å²) in [5, 5.41) is 2.96. The Morgan fingerprint density at radius 1 is 1.07 bits per heavy atom. The minimum absolute atomic E-state index is 0.00768. The van der Waals surface area contributed by atoms with Gasteiger partial charge >= 0.3 is 0 Å². The van der Waals surface area contributed by atoms with Crippen LogP contribution >= 0.6 is 0 Å². The molecule has 3 rings (SSSR count). The van der Waals surface area contributed by atoms with Gasteiger partial charge in [0, 0.05) is 45.3 Å². The number of benzene rings is 1. The molecule has 0 aliphatic carbocycles. The van der Waals surface area contributed by atoms with Gasteiger partial charge < -0.3 is 5.32 Å². The topological polar surface area (TPSA) is 73.0 Å². The lowest BCUT2D eigenvalue weighted by atomic mass is 10.0. The molecule has 0 aromatic heterocycles. The van der Waals surface area contributed by atoms with Crippen molar-refractivity contribution in [2.75, 3.05) is 39.3 Å². The van der Waals surface area contributed by atoms with E-state index < -0.39 is 10.2 Å². The van der Waals surface area contributed by atoms with Crippen molar-refractivity contribution >= 4 is 16.1 Å². The number of nitrogens with zero attached hydrogens (tertiary/aromatic N) is 3. The fourth-order valence-electron chi connectivity index (χ4n) is 3.57. The quantitative estimate of drug-likeness (QED) is 0.775. The first-order chi connectivity index (χ1) is 12.9. The summed E-state index contributed by atoms with van der Waals surface area (Å²) < 4.78 is 29.2. The minimum Gasteiger partial charge on any atom is -0.353 e. The predicted molar refractivity (Wildman–Crippen MR) is 105 cm³/mol. The highest BCUT2D eigenvalue weighted by atomic mass is 32.2. The van der Waals surface area contributed by atoms with Gasteiger partial charge in [0.2, 0.25) is 5.91 Å². The van der Waals surface area contributed by atoms with Crippen LogP contribution in [-0.4, -0.2) is 73.1 Å². The maximum atomic E-state index is 13.0. The fraction of sp³-hybridized carbons (Fsp3) is 0.632. The first-order valence-corrected chi connectivity index (χ1v) is 11.1. The van der Waals surface area contributed by atoms with E-state index in [4.69, 9.17) is 0 Å². The minimum atomic E-state index is -3.46. The number of hydrogen-bond donors (Lipinski definition) is 1. The molecule has 0 bridgehead atoms. The molecule has 2 heterocycles. The summed E-state index contributed by atoms with van der Waals surface area (Å²) >= 11 is 0. The summed E-state index contributed by atoms with van der Waals surface area (Å²) in [7, 11) is -3.46. The van der Waals surface area contributed by atoms with Gasteiger partial charge in [0.15, 0.2) is 0 Å². The summed E-state index contributed by atoms with van der Waals surface area (Å²) in [5.74, 6) is 0.00768. The van der Waals surface area contributed by atoms with Crippen molar-refractivity contribution in [1.29, 1.82) is 0 Å². The van der Waals surface area contributed by atoms with E-state index in [1.54, 1.807) is 8.61 Å². The molecule has 1 N–H and O–H groups in total. The summed E-state index contributed by atoms with van der Waals surface area (Å²) in [6.45, 7) is 7.33. The second-order valence-electron chi connectivity index (χ2n) is 7.41. The van der Waals surface area contributed by atoms with Gasteiger partial charge in [-0.25, -0.2) is 0 Å². The Hall–Kier alpha value is -1.48. The number of carbonyl (C=O) groups is 1. The molecule has 1 atom stereocenters. The van der Waals surface area contributed by atoms with Crippen LogP contribution in [0.25, 0.3) is 0 Å². The van der Waals surface area contributed by atoms with Gasteiger partial charge in [0.05, 0.1) is 6.54 Å². The van der Waals surface area contributed by atoms with E-state index in [0.717, 1.165) is 18.4 Å². The Kier molecular flexibility index (Phi) is 6.52. The predicted octanol–water partition coefficient (Wildman–Crippen LogP) is 0.822. The van der Waals surface area contributed by atoms with E-state index in [9.17, 15) is 13.2 Å². The monoisotopic (exact) mass is 394 g/mol. The standard InChI is InChI=1S/C19H30N4O3S/c1-3-16(2)20-19(24)15-21-10-12-22(13-11-21)27(25,26)23-9-8-17-6-4-5-7-18(17)14-23/h4-7,16H,3,8-15H2,1-2H3,(H,20,24). The lowest BCUT2D eigenvalue weighted by molar-refractivity contribution is -0.123. The number of nitrogens with one attached hydrogen (secondary N) is 1. The van der Waals surface area contributed by atoms with Gasteiger partial charge in [0.1, 0.15) is 0 Å². The third kappa shape index (κ3) is 4.87. The zero-order valence-corrected chi connectivity index (χ0v) is 17.0. The highest BCUT2D eigenvalue weighted by molar-refractivity contribution is 7.86. The van der Waals surface area contributed by atoms with E-state index >= 15 is 0 Å². The Balaban J connectivity index is 1.54. The van der Waals surface area contributed by atoms with Crippen LogP contribution in [0.3, 0.4) is 0 Å². The molecule has 1 amide bonds. The zero-order valence-electron chi connectivity index (χ0n) is 16.2. The molecule has 8 heteroatoms. The molecule has 0 radical (unpaired) electrons.